The minimum atomic E-state index is 0.242. The zero-order valence-electron chi connectivity index (χ0n) is 6.99. The van der Waals surface area contributed by atoms with Crippen molar-refractivity contribution in [1.29, 1.82) is 0 Å². The van der Waals surface area contributed by atoms with Crippen molar-refractivity contribution in [1.82, 2.24) is 4.98 Å². The summed E-state index contributed by atoms with van der Waals surface area (Å²) in [5.74, 6) is 0.915. The van der Waals surface area contributed by atoms with Crippen LogP contribution >= 0.6 is 0 Å². The Balaban J connectivity index is 2.06. The van der Waals surface area contributed by atoms with Crippen LogP contribution < -0.4 is 4.74 Å². The summed E-state index contributed by atoms with van der Waals surface area (Å²) in [7, 11) is 0. The van der Waals surface area contributed by atoms with E-state index in [-0.39, 0.29) is 6.10 Å². The SMILES string of the molecule is Cc1cnccc1OC1COC1. The first-order valence-corrected chi connectivity index (χ1v) is 4.01. The highest BCUT2D eigenvalue weighted by Crippen LogP contribution is 2.18. The van der Waals surface area contributed by atoms with Gasteiger partial charge in [-0.1, -0.05) is 0 Å². The van der Waals surface area contributed by atoms with Gasteiger partial charge in [0.25, 0.3) is 0 Å². The van der Waals surface area contributed by atoms with Crippen LogP contribution in [0.25, 0.3) is 0 Å². The van der Waals surface area contributed by atoms with Crippen LogP contribution in [0.5, 0.6) is 5.75 Å². The average Bonchev–Trinajstić information content (AvgIpc) is 2.00. The van der Waals surface area contributed by atoms with Crippen LogP contribution in [-0.2, 0) is 4.74 Å². The molecule has 0 radical (unpaired) electrons. The maximum absolute atomic E-state index is 5.62. The number of pyridine rings is 1. The van der Waals surface area contributed by atoms with E-state index in [9.17, 15) is 0 Å². The van der Waals surface area contributed by atoms with Crippen molar-refractivity contribution in [2.24, 2.45) is 0 Å². The molecule has 0 aliphatic carbocycles. The molecule has 1 aromatic heterocycles. The predicted molar refractivity (Wildman–Crippen MR) is 44.2 cm³/mol. The Morgan fingerprint density at radius 2 is 2.42 bits per heavy atom. The molecule has 1 aromatic rings. The van der Waals surface area contributed by atoms with Crippen LogP contribution in [0.15, 0.2) is 18.5 Å². The van der Waals surface area contributed by atoms with E-state index in [1.165, 1.54) is 0 Å². The van der Waals surface area contributed by atoms with Gasteiger partial charge in [-0.2, -0.15) is 0 Å². The highest BCUT2D eigenvalue weighted by Gasteiger charge is 2.20. The van der Waals surface area contributed by atoms with E-state index >= 15 is 0 Å². The maximum atomic E-state index is 5.62. The molecule has 1 saturated heterocycles. The Labute approximate surface area is 71.3 Å². The summed E-state index contributed by atoms with van der Waals surface area (Å²) in [6, 6.07) is 1.88. The van der Waals surface area contributed by atoms with Crippen molar-refractivity contribution in [3.8, 4) is 5.75 Å². The van der Waals surface area contributed by atoms with Crippen molar-refractivity contribution < 1.29 is 9.47 Å². The summed E-state index contributed by atoms with van der Waals surface area (Å²) < 4.78 is 10.6. The first-order valence-electron chi connectivity index (χ1n) is 4.01. The molecule has 12 heavy (non-hydrogen) atoms. The van der Waals surface area contributed by atoms with Gasteiger partial charge in [0.05, 0.1) is 13.2 Å². The van der Waals surface area contributed by atoms with Crippen molar-refractivity contribution >= 4 is 0 Å². The molecule has 3 heteroatoms. The van der Waals surface area contributed by atoms with Gasteiger partial charge < -0.3 is 9.47 Å². The van der Waals surface area contributed by atoms with Crippen LogP contribution in [0.2, 0.25) is 0 Å². The Morgan fingerprint density at radius 1 is 1.58 bits per heavy atom. The first kappa shape index (κ1) is 7.55. The minimum Gasteiger partial charge on any atom is -0.485 e. The monoisotopic (exact) mass is 165 g/mol. The Morgan fingerprint density at radius 3 is 3.00 bits per heavy atom. The minimum absolute atomic E-state index is 0.242. The van der Waals surface area contributed by atoms with Gasteiger partial charge in [0.2, 0.25) is 0 Å². The lowest BCUT2D eigenvalue weighted by atomic mass is 10.2. The topological polar surface area (TPSA) is 31.4 Å². The second kappa shape index (κ2) is 3.11. The van der Waals surface area contributed by atoms with Gasteiger partial charge in [-0.3, -0.25) is 4.98 Å². The lowest BCUT2D eigenvalue weighted by Crippen LogP contribution is -2.38. The number of rotatable bonds is 2. The highest BCUT2D eigenvalue weighted by molar-refractivity contribution is 5.28. The third-order valence-corrected chi connectivity index (χ3v) is 1.87. The normalized spacial score (nSPS) is 17.1. The summed E-state index contributed by atoms with van der Waals surface area (Å²) in [6.07, 6.45) is 3.78. The molecule has 0 unspecified atom stereocenters. The largest absolute Gasteiger partial charge is 0.485 e. The zero-order valence-corrected chi connectivity index (χ0v) is 6.99. The molecular formula is C9H11NO2. The molecule has 1 aliphatic heterocycles. The van der Waals surface area contributed by atoms with Gasteiger partial charge in [0, 0.05) is 18.0 Å². The van der Waals surface area contributed by atoms with Gasteiger partial charge in [0.1, 0.15) is 11.9 Å². The fourth-order valence-corrected chi connectivity index (χ4v) is 1.05. The van der Waals surface area contributed by atoms with Gasteiger partial charge in [-0.15, -0.1) is 0 Å². The molecule has 0 N–H and O–H groups in total. The van der Waals surface area contributed by atoms with Gasteiger partial charge in [0.15, 0.2) is 0 Å². The second-order valence-corrected chi connectivity index (χ2v) is 2.92. The van der Waals surface area contributed by atoms with Crippen LogP contribution in [0.4, 0.5) is 0 Å². The van der Waals surface area contributed by atoms with Crippen LogP contribution in [0.3, 0.4) is 0 Å². The van der Waals surface area contributed by atoms with E-state index in [0.717, 1.165) is 11.3 Å². The second-order valence-electron chi connectivity index (χ2n) is 2.92. The molecule has 3 nitrogen and oxygen atoms in total. The summed E-state index contributed by atoms with van der Waals surface area (Å²) in [5.41, 5.74) is 1.07. The molecule has 0 atom stereocenters. The first-order chi connectivity index (χ1) is 5.86. The van der Waals surface area contributed by atoms with Gasteiger partial charge in [-0.05, 0) is 13.0 Å². The molecule has 0 bridgehead atoms. The lowest BCUT2D eigenvalue weighted by molar-refractivity contribution is -0.0799. The fourth-order valence-electron chi connectivity index (χ4n) is 1.05. The number of aryl methyl sites for hydroxylation is 1. The van der Waals surface area contributed by atoms with Crippen molar-refractivity contribution in [2.45, 2.75) is 13.0 Å². The van der Waals surface area contributed by atoms with E-state index in [0.29, 0.717) is 13.2 Å². The van der Waals surface area contributed by atoms with E-state index in [1.807, 2.05) is 13.0 Å². The summed E-state index contributed by atoms with van der Waals surface area (Å²) in [6.45, 7) is 3.41. The van der Waals surface area contributed by atoms with Crippen LogP contribution in [0.1, 0.15) is 5.56 Å². The molecule has 2 heterocycles. The molecular weight excluding hydrogens is 154 g/mol. The summed E-state index contributed by atoms with van der Waals surface area (Å²) >= 11 is 0. The Hall–Kier alpha value is -1.09. The third-order valence-electron chi connectivity index (χ3n) is 1.87. The number of aromatic nitrogens is 1. The number of hydrogen-bond donors (Lipinski definition) is 0. The van der Waals surface area contributed by atoms with E-state index in [2.05, 4.69) is 4.98 Å². The van der Waals surface area contributed by atoms with E-state index < -0.39 is 0 Å². The molecule has 0 spiro atoms. The van der Waals surface area contributed by atoms with Gasteiger partial charge >= 0.3 is 0 Å². The molecule has 64 valence electrons. The summed E-state index contributed by atoms with van der Waals surface area (Å²) in [5, 5.41) is 0. The van der Waals surface area contributed by atoms with Gasteiger partial charge in [-0.25, -0.2) is 0 Å². The lowest BCUT2D eigenvalue weighted by Gasteiger charge is -2.27. The fraction of sp³-hybridized carbons (Fsp3) is 0.444. The van der Waals surface area contributed by atoms with Crippen molar-refractivity contribution in [3.05, 3.63) is 24.0 Å². The third kappa shape index (κ3) is 1.41. The number of ether oxygens (including phenoxy) is 2. The standard InChI is InChI=1S/C9H11NO2/c1-7-4-10-3-2-9(7)12-8-5-11-6-8/h2-4,8H,5-6H2,1H3. The van der Waals surface area contributed by atoms with Crippen molar-refractivity contribution in [3.63, 3.8) is 0 Å². The molecule has 1 aliphatic rings. The average molecular weight is 165 g/mol. The zero-order chi connectivity index (χ0) is 8.39. The predicted octanol–water partition coefficient (Wildman–Crippen LogP) is 1.17. The molecule has 0 saturated carbocycles. The number of hydrogen-bond acceptors (Lipinski definition) is 3. The van der Waals surface area contributed by atoms with E-state index in [1.54, 1.807) is 12.4 Å². The number of nitrogens with zero attached hydrogens (tertiary/aromatic N) is 1. The molecule has 0 aromatic carbocycles. The maximum Gasteiger partial charge on any atom is 0.145 e. The molecule has 0 amide bonds. The summed E-state index contributed by atoms with van der Waals surface area (Å²) in [4.78, 5) is 3.98. The smallest absolute Gasteiger partial charge is 0.145 e. The van der Waals surface area contributed by atoms with E-state index in [4.69, 9.17) is 9.47 Å². The van der Waals surface area contributed by atoms with Crippen LogP contribution in [-0.4, -0.2) is 24.3 Å². The molecule has 1 fully saturated rings. The highest BCUT2D eigenvalue weighted by atomic mass is 16.6. The van der Waals surface area contributed by atoms with Crippen molar-refractivity contribution in [2.75, 3.05) is 13.2 Å². The Bertz CT molecular complexity index is 271. The molecule has 2 rings (SSSR count). The quantitative estimate of drug-likeness (QED) is 0.659. The Kier molecular flexibility index (Phi) is 1.96. The van der Waals surface area contributed by atoms with Crippen LogP contribution in [0, 0.1) is 6.92 Å².